The lowest BCUT2D eigenvalue weighted by Crippen LogP contribution is -2.38. The summed E-state index contributed by atoms with van der Waals surface area (Å²) < 4.78 is 31.6. The highest BCUT2D eigenvalue weighted by molar-refractivity contribution is 5.85. The Morgan fingerprint density at radius 1 is 0.833 bits per heavy atom. The highest BCUT2D eigenvalue weighted by Crippen LogP contribution is 2.42. The SMILES string of the molecule is Cn1ccnc1C(c1cccc(C(=O)O)n1)(c1cccc(-c2ccc(F)nc2F)n1)c1nccn1C. The Balaban J connectivity index is 1.89. The minimum absolute atomic E-state index is 0.000855. The number of carboxylic acids is 1. The zero-order valence-corrected chi connectivity index (χ0v) is 19.2. The molecule has 0 aromatic carbocycles. The molecule has 0 bridgehead atoms. The molecule has 0 aliphatic heterocycles. The van der Waals surface area contributed by atoms with Crippen molar-refractivity contribution < 1.29 is 18.7 Å². The maximum Gasteiger partial charge on any atom is 0.354 e. The summed E-state index contributed by atoms with van der Waals surface area (Å²) in [5.74, 6) is -2.25. The van der Waals surface area contributed by atoms with E-state index in [4.69, 9.17) is 4.98 Å². The second kappa shape index (κ2) is 8.77. The van der Waals surface area contributed by atoms with Crippen molar-refractivity contribution in [3.05, 3.63) is 114 Å². The van der Waals surface area contributed by atoms with E-state index < -0.39 is 23.3 Å². The largest absolute Gasteiger partial charge is 0.477 e. The van der Waals surface area contributed by atoms with Crippen molar-refractivity contribution in [3.8, 4) is 11.3 Å². The van der Waals surface area contributed by atoms with Crippen molar-refractivity contribution in [1.82, 2.24) is 34.1 Å². The van der Waals surface area contributed by atoms with Crippen molar-refractivity contribution in [3.63, 3.8) is 0 Å². The van der Waals surface area contributed by atoms with Gasteiger partial charge in [0.25, 0.3) is 0 Å². The number of halogens is 2. The smallest absolute Gasteiger partial charge is 0.354 e. The lowest BCUT2D eigenvalue weighted by atomic mass is 9.77. The number of carboxylic acid groups (broad SMARTS) is 1. The Hall–Kier alpha value is -4.80. The summed E-state index contributed by atoms with van der Waals surface area (Å²) in [4.78, 5) is 33.5. The van der Waals surface area contributed by atoms with E-state index in [1.165, 1.54) is 12.1 Å². The highest BCUT2D eigenvalue weighted by atomic mass is 19.1. The van der Waals surface area contributed by atoms with Crippen molar-refractivity contribution in [2.75, 3.05) is 0 Å². The van der Waals surface area contributed by atoms with E-state index in [9.17, 15) is 18.7 Å². The van der Waals surface area contributed by atoms with Crippen LogP contribution >= 0.6 is 0 Å². The first kappa shape index (κ1) is 23.0. The molecule has 0 aliphatic carbocycles. The Morgan fingerprint density at radius 3 is 2.00 bits per heavy atom. The third-order valence-corrected chi connectivity index (χ3v) is 5.89. The van der Waals surface area contributed by atoms with Gasteiger partial charge in [0.15, 0.2) is 5.41 Å². The van der Waals surface area contributed by atoms with E-state index in [0.29, 0.717) is 23.0 Å². The van der Waals surface area contributed by atoms with E-state index >= 15 is 0 Å². The lowest BCUT2D eigenvalue weighted by Gasteiger charge is -2.32. The van der Waals surface area contributed by atoms with Crippen LogP contribution in [0.1, 0.15) is 33.5 Å². The summed E-state index contributed by atoms with van der Waals surface area (Å²) in [5, 5.41) is 9.66. The highest BCUT2D eigenvalue weighted by Gasteiger charge is 2.48. The van der Waals surface area contributed by atoms with Gasteiger partial charge < -0.3 is 14.2 Å². The van der Waals surface area contributed by atoms with Gasteiger partial charge in [-0.15, -0.1) is 0 Å². The molecule has 5 aromatic heterocycles. The number of hydrogen-bond acceptors (Lipinski definition) is 6. The van der Waals surface area contributed by atoms with Gasteiger partial charge in [-0.05, 0) is 36.4 Å². The monoisotopic (exact) mass is 487 g/mol. The van der Waals surface area contributed by atoms with Crippen LogP contribution in [0.25, 0.3) is 11.3 Å². The van der Waals surface area contributed by atoms with Crippen LogP contribution in [0.5, 0.6) is 0 Å². The van der Waals surface area contributed by atoms with Gasteiger partial charge in [0.1, 0.15) is 17.3 Å². The maximum atomic E-state index is 14.6. The fourth-order valence-corrected chi connectivity index (χ4v) is 4.30. The molecular weight excluding hydrogens is 468 g/mol. The summed E-state index contributed by atoms with van der Waals surface area (Å²) in [6, 6.07) is 11.9. The molecule has 0 saturated heterocycles. The molecule has 0 saturated carbocycles. The molecule has 5 heterocycles. The fraction of sp³-hybridized carbons (Fsp3) is 0.120. The first-order valence-electron chi connectivity index (χ1n) is 10.8. The van der Waals surface area contributed by atoms with E-state index in [0.717, 1.165) is 6.07 Å². The van der Waals surface area contributed by atoms with Crippen LogP contribution in [0, 0.1) is 11.9 Å². The average Bonchev–Trinajstić information content (AvgIpc) is 3.49. The van der Waals surface area contributed by atoms with Gasteiger partial charge in [-0.1, -0.05) is 12.1 Å². The number of aromatic carboxylic acids is 1. The first-order valence-corrected chi connectivity index (χ1v) is 10.8. The summed E-state index contributed by atoms with van der Waals surface area (Å²) in [6.07, 6.45) is 6.67. The first-order chi connectivity index (χ1) is 17.3. The molecule has 0 aliphatic rings. The fourth-order valence-electron chi connectivity index (χ4n) is 4.30. The van der Waals surface area contributed by atoms with Crippen LogP contribution in [0.3, 0.4) is 0 Å². The van der Waals surface area contributed by atoms with Crippen LogP contribution in [0.2, 0.25) is 0 Å². The van der Waals surface area contributed by atoms with Crippen LogP contribution in [-0.2, 0) is 19.5 Å². The predicted molar refractivity (Wildman–Crippen MR) is 124 cm³/mol. The number of rotatable bonds is 6. The topological polar surface area (TPSA) is 112 Å². The minimum atomic E-state index is -1.40. The van der Waals surface area contributed by atoms with Crippen LogP contribution in [0.4, 0.5) is 8.78 Å². The third kappa shape index (κ3) is 3.61. The number of aromatic nitrogens is 7. The van der Waals surface area contributed by atoms with E-state index in [-0.39, 0.29) is 17.0 Å². The van der Waals surface area contributed by atoms with Gasteiger partial charge in [-0.3, -0.25) is 4.98 Å². The zero-order chi connectivity index (χ0) is 25.4. The molecule has 36 heavy (non-hydrogen) atoms. The van der Waals surface area contributed by atoms with Gasteiger partial charge in [0, 0.05) is 38.9 Å². The van der Waals surface area contributed by atoms with E-state index in [1.807, 2.05) is 0 Å². The van der Waals surface area contributed by atoms with Crippen molar-refractivity contribution in [2.24, 2.45) is 14.1 Å². The lowest BCUT2D eigenvalue weighted by molar-refractivity contribution is 0.0690. The molecule has 5 rings (SSSR count). The molecule has 0 atom stereocenters. The third-order valence-electron chi connectivity index (χ3n) is 5.89. The van der Waals surface area contributed by atoms with E-state index in [1.54, 1.807) is 78.3 Å². The Bertz CT molecular complexity index is 1550. The molecular formula is C25H19F2N7O2. The minimum Gasteiger partial charge on any atom is -0.477 e. The second-order valence-corrected chi connectivity index (χ2v) is 8.07. The van der Waals surface area contributed by atoms with Crippen molar-refractivity contribution in [2.45, 2.75) is 5.41 Å². The number of carbonyl (C=O) groups is 1. The second-order valence-electron chi connectivity index (χ2n) is 8.07. The summed E-state index contributed by atoms with van der Waals surface area (Å²) in [7, 11) is 3.57. The van der Waals surface area contributed by atoms with Crippen LogP contribution < -0.4 is 0 Å². The normalized spacial score (nSPS) is 11.6. The molecule has 5 aromatic rings. The van der Waals surface area contributed by atoms with Crippen LogP contribution in [-0.4, -0.2) is 45.1 Å². The quantitative estimate of drug-likeness (QED) is 0.366. The molecule has 0 radical (unpaired) electrons. The number of imidazole rings is 2. The zero-order valence-electron chi connectivity index (χ0n) is 19.2. The molecule has 180 valence electrons. The number of nitrogens with zero attached hydrogens (tertiary/aromatic N) is 7. The Labute approximate surface area is 203 Å². The van der Waals surface area contributed by atoms with Gasteiger partial charge in [-0.25, -0.2) is 19.7 Å². The van der Waals surface area contributed by atoms with Crippen molar-refractivity contribution in [1.29, 1.82) is 0 Å². The molecule has 9 nitrogen and oxygen atoms in total. The number of aryl methyl sites for hydroxylation is 2. The number of pyridine rings is 3. The molecule has 0 fully saturated rings. The molecule has 1 N–H and O–H groups in total. The van der Waals surface area contributed by atoms with Crippen molar-refractivity contribution >= 4 is 5.97 Å². The Morgan fingerprint density at radius 2 is 1.44 bits per heavy atom. The van der Waals surface area contributed by atoms with Gasteiger partial charge in [0.05, 0.1) is 22.6 Å². The molecule has 0 spiro atoms. The average molecular weight is 487 g/mol. The number of hydrogen-bond donors (Lipinski definition) is 1. The molecule has 0 amide bonds. The summed E-state index contributed by atoms with van der Waals surface area (Å²) in [5.41, 5.74) is -0.734. The standard InChI is InChI=1S/C25H19F2N7O2/c1-33-13-11-28-23(33)25(24-29-12-14-34(24)2,19-8-4-6-17(31-19)22(35)36)18-7-3-5-16(30-18)15-9-10-20(26)32-21(15)27/h3-14H,1-2H3,(H,35,36). The van der Waals surface area contributed by atoms with Gasteiger partial charge >= 0.3 is 5.97 Å². The summed E-state index contributed by atoms with van der Waals surface area (Å²) >= 11 is 0. The van der Waals surface area contributed by atoms with E-state index in [2.05, 4.69) is 19.9 Å². The van der Waals surface area contributed by atoms with Gasteiger partial charge in [0.2, 0.25) is 11.9 Å². The maximum absolute atomic E-state index is 14.6. The summed E-state index contributed by atoms with van der Waals surface area (Å²) in [6.45, 7) is 0. The predicted octanol–water partition coefficient (Wildman–Crippen LogP) is 3.36. The van der Waals surface area contributed by atoms with Gasteiger partial charge in [-0.2, -0.15) is 13.8 Å². The molecule has 0 unspecified atom stereocenters. The molecule has 11 heteroatoms. The Kier molecular flexibility index (Phi) is 5.59. The van der Waals surface area contributed by atoms with Crippen LogP contribution in [0.15, 0.2) is 73.3 Å².